The van der Waals surface area contributed by atoms with Gasteiger partial charge in [0.05, 0.1) is 6.04 Å². The van der Waals surface area contributed by atoms with E-state index < -0.39 is 17.7 Å². The van der Waals surface area contributed by atoms with E-state index >= 15 is 0 Å². The number of ketones is 1. The lowest BCUT2D eigenvalue weighted by atomic mass is 10.0. The van der Waals surface area contributed by atoms with Gasteiger partial charge in [0.1, 0.15) is 11.9 Å². The molecule has 9 nitrogen and oxygen atoms in total. The first-order chi connectivity index (χ1) is 14.2. The molecular weight excluding hydrogens is 390 g/mol. The van der Waals surface area contributed by atoms with Crippen LogP contribution in [0.5, 0.6) is 5.88 Å². The van der Waals surface area contributed by atoms with Crippen LogP contribution in [0.15, 0.2) is 16.9 Å². The highest BCUT2D eigenvalue weighted by Crippen LogP contribution is 2.25. The number of unbranched alkanes of at least 4 members (excludes halogenated alkanes) is 1. The van der Waals surface area contributed by atoms with Gasteiger partial charge in [0.25, 0.3) is 5.88 Å². The van der Waals surface area contributed by atoms with Crippen molar-refractivity contribution in [2.45, 2.75) is 77.4 Å². The topological polar surface area (TPSA) is 120 Å². The summed E-state index contributed by atoms with van der Waals surface area (Å²) in [5, 5.41) is 9.20. The summed E-state index contributed by atoms with van der Waals surface area (Å²) in [6, 6.07) is 0.883. The molecule has 1 aromatic heterocycles. The van der Waals surface area contributed by atoms with Crippen LogP contribution in [0.25, 0.3) is 0 Å². The number of hydrogen-bond donors (Lipinski definition) is 2. The second-order valence-corrected chi connectivity index (χ2v) is 8.56. The predicted octanol–water partition coefficient (Wildman–Crippen LogP) is 2.99. The lowest BCUT2D eigenvalue weighted by molar-refractivity contribution is -0.131. The highest BCUT2D eigenvalue weighted by Gasteiger charge is 2.27. The maximum absolute atomic E-state index is 12.6. The van der Waals surface area contributed by atoms with Crippen LogP contribution in [-0.2, 0) is 14.3 Å². The quantitative estimate of drug-likeness (QED) is 0.525. The Morgan fingerprint density at radius 1 is 1.23 bits per heavy atom. The van der Waals surface area contributed by atoms with E-state index in [1.165, 1.54) is 12.3 Å². The SMILES string of the molecule is CC(C)(C)OC(=O)NCCCC[C@H](NC(=O)C1CCCC1)C(=O)COc1ccon1. The summed E-state index contributed by atoms with van der Waals surface area (Å²) in [6.07, 6.45) is 6.49. The molecule has 30 heavy (non-hydrogen) atoms. The van der Waals surface area contributed by atoms with Crippen LogP contribution < -0.4 is 15.4 Å². The highest BCUT2D eigenvalue weighted by molar-refractivity contribution is 5.90. The van der Waals surface area contributed by atoms with E-state index in [-0.39, 0.29) is 30.1 Å². The minimum atomic E-state index is -0.633. The van der Waals surface area contributed by atoms with Gasteiger partial charge in [0.15, 0.2) is 12.4 Å². The second-order valence-electron chi connectivity index (χ2n) is 8.56. The first kappa shape index (κ1) is 23.7. The molecule has 1 aliphatic carbocycles. The Kier molecular flexibility index (Phi) is 9.14. The molecule has 2 N–H and O–H groups in total. The summed E-state index contributed by atoms with van der Waals surface area (Å²) in [5.41, 5.74) is -0.546. The van der Waals surface area contributed by atoms with Gasteiger partial charge in [0.2, 0.25) is 5.91 Å². The molecule has 1 atom stereocenters. The lowest BCUT2D eigenvalue weighted by Gasteiger charge is -2.21. The highest BCUT2D eigenvalue weighted by atomic mass is 16.6. The number of Topliss-reactive ketones (excluding diaryl/α,β-unsaturated/α-hetero) is 1. The molecule has 0 aliphatic heterocycles. The Balaban J connectivity index is 1.78. The van der Waals surface area contributed by atoms with E-state index in [4.69, 9.17) is 9.47 Å². The van der Waals surface area contributed by atoms with Crippen molar-refractivity contribution in [2.24, 2.45) is 5.92 Å². The number of nitrogens with zero attached hydrogens (tertiary/aromatic N) is 1. The van der Waals surface area contributed by atoms with Crippen LogP contribution in [0.1, 0.15) is 65.7 Å². The Morgan fingerprint density at radius 2 is 1.97 bits per heavy atom. The molecule has 2 rings (SSSR count). The smallest absolute Gasteiger partial charge is 0.407 e. The normalized spacial score (nSPS) is 15.4. The van der Waals surface area contributed by atoms with E-state index in [9.17, 15) is 14.4 Å². The molecule has 2 amide bonds. The minimum absolute atomic E-state index is 0.0226. The first-order valence-corrected chi connectivity index (χ1v) is 10.6. The zero-order valence-electron chi connectivity index (χ0n) is 18.1. The van der Waals surface area contributed by atoms with Crippen LogP contribution in [-0.4, -0.2) is 47.7 Å². The van der Waals surface area contributed by atoms with E-state index in [1.807, 2.05) is 0 Å². The average Bonchev–Trinajstić information content (AvgIpc) is 3.37. The maximum atomic E-state index is 12.6. The Morgan fingerprint density at radius 3 is 2.60 bits per heavy atom. The van der Waals surface area contributed by atoms with Crippen molar-refractivity contribution in [2.75, 3.05) is 13.2 Å². The molecule has 1 saturated carbocycles. The molecule has 1 heterocycles. The van der Waals surface area contributed by atoms with Crippen molar-refractivity contribution in [3.8, 4) is 5.88 Å². The van der Waals surface area contributed by atoms with Crippen molar-refractivity contribution >= 4 is 17.8 Å². The van der Waals surface area contributed by atoms with Gasteiger partial charge in [-0.3, -0.25) is 9.59 Å². The molecule has 9 heteroatoms. The van der Waals surface area contributed by atoms with Gasteiger partial charge in [-0.1, -0.05) is 12.8 Å². The van der Waals surface area contributed by atoms with E-state index in [0.717, 1.165) is 25.7 Å². The largest absolute Gasteiger partial charge is 0.467 e. The number of carbonyl (C=O) groups excluding carboxylic acids is 3. The van der Waals surface area contributed by atoms with Crippen LogP contribution in [0, 0.1) is 5.92 Å². The van der Waals surface area contributed by atoms with E-state index in [1.54, 1.807) is 20.8 Å². The van der Waals surface area contributed by atoms with E-state index in [2.05, 4.69) is 20.3 Å². The van der Waals surface area contributed by atoms with Crippen molar-refractivity contribution in [3.63, 3.8) is 0 Å². The van der Waals surface area contributed by atoms with Gasteiger partial charge in [-0.2, -0.15) is 0 Å². The van der Waals surface area contributed by atoms with E-state index in [0.29, 0.717) is 25.8 Å². The zero-order chi connectivity index (χ0) is 22.0. The van der Waals surface area contributed by atoms with Crippen molar-refractivity contribution < 1.29 is 28.4 Å². The number of alkyl carbamates (subject to hydrolysis) is 1. The van der Waals surface area contributed by atoms with Crippen LogP contribution in [0.4, 0.5) is 4.79 Å². The van der Waals surface area contributed by atoms with Gasteiger partial charge in [-0.15, -0.1) is 0 Å². The van der Waals surface area contributed by atoms with Crippen molar-refractivity contribution in [3.05, 3.63) is 12.3 Å². The number of amides is 2. The summed E-state index contributed by atoms with van der Waals surface area (Å²) in [5.74, 6) is -0.0833. The predicted molar refractivity (Wildman–Crippen MR) is 109 cm³/mol. The third-order valence-corrected chi connectivity index (χ3v) is 4.80. The summed E-state index contributed by atoms with van der Waals surface area (Å²) in [4.78, 5) is 36.8. The molecule has 1 aliphatic rings. The van der Waals surface area contributed by atoms with Gasteiger partial charge in [0, 0.05) is 18.5 Å². The fourth-order valence-electron chi connectivity index (χ4n) is 3.29. The fourth-order valence-corrected chi connectivity index (χ4v) is 3.29. The Labute approximate surface area is 177 Å². The minimum Gasteiger partial charge on any atom is -0.467 e. The lowest BCUT2D eigenvalue weighted by Crippen LogP contribution is -2.45. The Hall–Kier alpha value is -2.58. The number of nitrogens with one attached hydrogen (secondary N) is 2. The van der Waals surface area contributed by atoms with Crippen LogP contribution >= 0.6 is 0 Å². The van der Waals surface area contributed by atoms with Gasteiger partial charge < -0.3 is 24.6 Å². The summed E-state index contributed by atoms with van der Waals surface area (Å²) < 4.78 is 15.2. The molecule has 168 valence electrons. The monoisotopic (exact) mass is 423 g/mol. The van der Waals surface area contributed by atoms with Crippen molar-refractivity contribution in [1.29, 1.82) is 0 Å². The first-order valence-electron chi connectivity index (χ1n) is 10.6. The molecule has 0 spiro atoms. The third kappa shape index (κ3) is 8.84. The summed E-state index contributed by atoms with van der Waals surface area (Å²) in [6.45, 7) is 5.64. The molecular formula is C21H33N3O6. The third-order valence-electron chi connectivity index (χ3n) is 4.80. The second kappa shape index (κ2) is 11.6. The van der Waals surface area contributed by atoms with Crippen molar-refractivity contribution in [1.82, 2.24) is 15.8 Å². The summed E-state index contributed by atoms with van der Waals surface area (Å²) in [7, 11) is 0. The Bertz CT molecular complexity index is 677. The maximum Gasteiger partial charge on any atom is 0.407 e. The van der Waals surface area contributed by atoms with Gasteiger partial charge in [-0.25, -0.2) is 4.79 Å². The van der Waals surface area contributed by atoms with Crippen LogP contribution in [0.2, 0.25) is 0 Å². The number of ether oxygens (including phenoxy) is 2. The standard InChI is InChI=1S/C21H33N3O6/c1-21(2,3)30-20(27)22-12-7-6-10-16(23-19(26)15-8-4-5-9-15)17(25)14-28-18-11-13-29-24-18/h11,13,15-16H,4-10,12,14H2,1-3H3,(H,22,27)(H,23,26)/t16-/m0/s1. The summed E-state index contributed by atoms with van der Waals surface area (Å²) >= 11 is 0. The fraction of sp³-hybridized carbons (Fsp3) is 0.714. The van der Waals surface area contributed by atoms with Gasteiger partial charge in [-0.05, 0) is 58.0 Å². The van der Waals surface area contributed by atoms with Crippen LogP contribution in [0.3, 0.4) is 0 Å². The molecule has 1 fully saturated rings. The molecule has 0 saturated heterocycles. The number of hydrogen-bond acceptors (Lipinski definition) is 7. The molecule has 0 unspecified atom stereocenters. The molecule has 0 bridgehead atoms. The number of carbonyl (C=O) groups is 3. The molecule has 0 aromatic carbocycles. The number of rotatable bonds is 11. The average molecular weight is 424 g/mol. The van der Waals surface area contributed by atoms with Gasteiger partial charge >= 0.3 is 6.09 Å². The molecule has 1 aromatic rings. The zero-order valence-corrected chi connectivity index (χ0v) is 18.1. The number of aromatic nitrogens is 1. The molecule has 0 radical (unpaired) electrons.